The van der Waals surface area contributed by atoms with Crippen molar-refractivity contribution in [2.75, 3.05) is 19.6 Å². The number of carbonyl (C=O) groups excluding carboxylic acids is 1. The van der Waals surface area contributed by atoms with Gasteiger partial charge in [-0.25, -0.2) is 4.39 Å². The first-order valence-corrected chi connectivity index (χ1v) is 10.2. The van der Waals surface area contributed by atoms with Crippen LogP contribution in [0.25, 0.3) is 10.9 Å². The van der Waals surface area contributed by atoms with Gasteiger partial charge in [-0.1, -0.05) is 0 Å². The van der Waals surface area contributed by atoms with Crippen molar-refractivity contribution in [3.63, 3.8) is 0 Å². The molecule has 1 fully saturated rings. The van der Waals surface area contributed by atoms with Crippen LogP contribution in [0.2, 0.25) is 0 Å². The fraction of sp³-hybridized carbons (Fsp3) is 0.545. The Morgan fingerprint density at radius 3 is 2.48 bits per heavy atom. The first-order chi connectivity index (χ1) is 13.7. The van der Waals surface area contributed by atoms with E-state index >= 15 is 0 Å². The van der Waals surface area contributed by atoms with Gasteiger partial charge in [-0.2, -0.15) is 0 Å². The van der Waals surface area contributed by atoms with Gasteiger partial charge >= 0.3 is 0 Å². The average molecular weight is 400 g/mol. The van der Waals surface area contributed by atoms with Gasteiger partial charge in [0.05, 0.1) is 5.52 Å². The molecule has 29 heavy (non-hydrogen) atoms. The number of halogens is 1. The molecule has 1 saturated heterocycles. The zero-order chi connectivity index (χ0) is 20.9. The molecule has 4 rings (SSSR count). The summed E-state index contributed by atoms with van der Waals surface area (Å²) in [6.07, 6.45) is 0.310. The molecule has 156 valence electrons. The zero-order valence-corrected chi connectivity index (χ0v) is 17.2. The number of hydrogen-bond acceptors (Lipinski definition) is 4. The van der Waals surface area contributed by atoms with Gasteiger partial charge in [0.15, 0.2) is 0 Å². The Kier molecular flexibility index (Phi) is 4.89. The van der Waals surface area contributed by atoms with Gasteiger partial charge in [0.1, 0.15) is 11.9 Å². The number of carboxylic acid groups (broad SMARTS) is 1. The second-order valence-electron chi connectivity index (χ2n) is 9.22. The Morgan fingerprint density at radius 2 is 1.86 bits per heavy atom. The highest BCUT2D eigenvalue weighted by molar-refractivity contribution is 5.84. The Bertz CT molecular complexity index is 1000. The highest BCUT2D eigenvalue weighted by atomic mass is 19.1. The van der Waals surface area contributed by atoms with Gasteiger partial charge in [-0.05, 0) is 57.2 Å². The maximum atomic E-state index is 14.7. The van der Waals surface area contributed by atoms with Gasteiger partial charge in [0.2, 0.25) is 0 Å². The monoisotopic (exact) mass is 400 g/mol. The minimum atomic E-state index is -1.13. The number of piperidine rings is 1. The molecule has 1 amide bonds. The number of nitrogens with zero attached hydrogens (tertiary/aromatic N) is 3. The van der Waals surface area contributed by atoms with E-state index < -0.39 is 11.6 Å². The van der Waals surface area contributed by atoms with Gasteiger partial charge in [-0.15, -0.1) is 0 Å². The van der Waals surface area contributed by atoms with Crippen molar-refractivity contribution < 1.29 is 14.3 Å². The number of rotatable bonds is 3. The standard InChI is InChI=1S/C22H28FN3O3/c1-22(2,3)26(21(28)29)16-8-10-24(11-9-16)12-15-13-25-18(27)7-5-14-4-6-17(23)19(15)20(14)25/h4-7,15-16H,8-13H2,1-3H3,(H,28,29)/p-1. The van der Waals surface area contributed by atoms with E-state index in [2.05, 4.69) is 4.90 Å². The minimum absolute atomic E-state index is 0.0696. The minimum Gasteiger partial charge on any atom is -0.530 e. The number of carbonyl (C=O) groups is 1. The van der Waals surface area contributed by atoms with Crippen molar-refractivity contribution in [3.05, 3.63) is 46.0 Å². The molecular formula is C22H27FN3O3-. The molecule has 3 heterocycles. The molecule has 1 aromatic heterocycles. The molecule has 0 radical (unpaired) electrons. The van der Waals surface area contributed by atoms with Crippen LogP contribution < -0.4 is 10.7 Å². The molecule has 0 saturated carbocycles. The molecule has 1 unspecified atom stereocenters. The van der Waals surface area contributed by atoms with Crippen LogP contribution in [0.1, 0.15) is 45.1 Å². The van der Waals surface area contributed by atoms with E-state index in [9.17, 15) is 19.1 Å². The topological polar surface area (TPSA) is 68.6 Å². The molecule has 0 aliphatic carbocycles. The van der Waals surface area contributed by atoms with E-state index in [-0.39, 0.29) is 23.3 Å². The van der Waals surface area contributed by atoms with Crippen LogP contribution in [0.4, 0.5) is 9.18 Å². The molecule has 0 spiro atoms. The highest BCUT2D eigenvalue weighted by Crippen LogP contribution is 2.36. The molecule has 6 nitrogen and oxygen atoms in total. The van der Waals surface area contributed by atoms with Crippen LogP contribution in [0.3, 0.4) is 0 Å². The van der Waals surface area contributed by atoms with Crippen molar-refractivity contribution in [1.29, 1.82) is 0 Å². The van der Waals surface area contributed by atoms with Crippen molar-refractivity contribution in [2.24, 2.45) is 0 Å². The lowest BCUT2D eigenvalue weighted by Gasteiger charge is -2.47. The molecule has 1 atom stereocenters. The first kappa shape index (κ1) is 19.9. The Morgan fingerprint density at radius 1 is 1.21 bits per heavy atom. The Hall–Kier alpha value is -2.41. The van der Waals surface area contributed by atoms with E-state index in [1.54, 1.807) is 22.8 Å². The summed E-state index contributed by atoms with van der Waals surface area (Å²) in [6, 6.07) is 6.43. The first-order valence-electron chi connectivity index (χ1n) is 10.2. The van der Waals surface area contributed by atoms with Gasteiger partial charge in [0, 0.05) is 55.3 Å². The number of amides is 1. The van der Waals surface area contributed by atoms with Gasteiger partial charge in [-0.3, -0.25) is 4.79 Å². The summed E-state index contributed by atoms with van der Waals surface area (Å²) >= 11 is 0. The van der Waals surface area contributed by atoms with Crippen LogP contribution in [0, 0.1) is 5.82 Å². The highest BCUT2D eigenvalue weighted by Gasteiger charge is 2.34. The third-order valence-corrected chi connectivity index (χ3v) is 6.27. The molecule has 1 aromatic carbocycles. The van der Waals surface area contributed by atoms with Crippen molar-refractivity contribution in [1.82, 2.24) is 14.4 Å². The van der Waals surface area contributed by atoms with Crippen LogP contribution in [-0.2, 0) is 6.54 Å². The van der Waals surface area contributed by atoms with E-state index in [1.165, 1.54) is 11.0 Å². The summed E-state index contributed by atoms with van der Waals surface area (Å²) in [4.78, 5) is 27.6. The summed E-state index contributed by atoms with van der Waals surface area (Å²) in [5.41, 5.74) is 0.751. The van der Waals surface area contributed by atoms with E-state index in [4.69, 9.17) is 0 Å². The number of pyridine rings is 1. The molecule has 0 bridgehead atoms. The second kappa shape index (κ2) is 7.13. The summed E-state index contributed by atoms with van der Waals surface area (Å²) < 4.78 is 16.3. The molecule has 2 aliphatic rings. The smallest absolute Gasteiger partial charge is 0.251 e. The van der Waals surface area contributed by atoms with Crippen LogP contribution in [-0.4, -0.2) is 51.7 Å². The predicted molar refractivity (Wildman–Crippen MR) is 107 cm³/mol. The van der Waals surface area contributed by atoms with Crippen molar-refractivity contribution in [2.45, 2.75) is 57.7 Å². The Balaban J connectivity index is 1.49. The van der Waals surface area contributed by atoms with Gasteiger partial charge < -0.3 is 24.3 Å². The maximum Gasteiger partial charge on any atom is 0.251 e. The number of aromatic nitrogens is 1. The van der Waals surface area contributed by atoms with Gasteiger partial charge in [0.25, 0.3) is 5.56 Å². The van der Waals surface area contributed by atoms with E-state index in [0.717, 1.165) is 31.3 Å². The van der Waals surface area contributed by atoms with Crippen molar-refractivity contribution in [3.8, 4) is 0 Å². The quantitative estimate of drug-likeness (QED) is 0.792. The fourth-order valence-corrected chi connectivity index (χ4v) is 5.07. The summed E-state index contributed by atoms with van der Waals surface area (Å²) in [7, 11) is 0. The lowest BCUT2D eigenvalue weighted by atomic mass is 9.94. The summed E-state index contributed by atoms with van der Waals surface area (Å²) in [5, 5.41) is 12.5. The van der Waals surface area contributed by atoms with Crippen LogP contribution in [0.15, 0.2) is 29.1 Å². The largest absolute Gasteiger partial charge is 0.530 e. The number of hydrogen-bond donors (Lipinski definition) is 0. The maximum absolute atomic E-state index is 14.7. The lowest BCUT2D eigenvalue weighted by molar-refractivity contribution is -0.274. The summed E-state index contributed by atoms with van der Waals surface area (Å²) in [5.74, 6) is -0.338. The average Bonchev–Trinajstić information content (AvgIpc) is 3.02. The molecule has 2 aliphatic heterocycles. The summed E-state index contributed by atoms with van der Waals surface area (Å²) in [6.45, 7) is 8.27. The second-order valence-corrected chi connectivity index (χ2v) is 9.22. The third kappa shape index (κ3) is 3.52. The number of benzene rings is 1. The van der Waals surface area contributed by atoms with Crippen LogP contribution >= 0.6 is 0 Å². The zero-order valence-electron chi connectivity index (χ0n) is 17.2. The SMILES string of the molecule is CC(C)(C)N(C(=O)[O-])C1CCN(CC2Cn3c(=O)ccc4ccc(F)c2c43)CC1. The lowest BCUT2D eigenvalue weighted by Crippen LogP contribution is -2.59. The fourth-order valence-electron chi connectivity index (χ4n) is 5.07. The van der Waals surface area contributed by atoms with E-state index in [0.29, 0.717) is 24.2 Å². The van der Waals surface area contributed by atoms with Crippen LogP contribution in [0.5, 0.6) is 0 Å². The molecule has 0 N–H and O–H groups in total. The van der Waals surface area contributed by atoms with Crippen molar-refractivity contribution >= 4 is 17.0 Å². The predicted octanol–water partition coefficient (Wildman–Crippen LogP) is 2.15. The van der Waals surface area contributed by atoms with E-state index in [1.807, 2.05) is 20.8 Å². The molecule has 7 heteroatoms. The third-order valence-electron chi connectivity index (χ3n) is 6.27. The molecule has 2 aromatic rings. The Labute approximate surface area is 169 Å². The molecular weight excluding hydrogens is 373 g/mol. The normalized spacial score (nSPS) is 20.3. The number of likely N-dealkylation sites (tertiary alicyclic amines) is 1.